The summed E-state index contributed by atoms with van der Waals surface area (Å²) in [7, 11) is 0. The van der Waals surface area contributed by atoms with Gasteiger partial charge in [0.25, 0.3) is 5.91 Å². The van der Waals surface area contributed by atoms with Crippen LogP contribution >= 0.6 is 0 Å². The van der Waals surface area contributed by atoms with Crippen molar-refractivity contribution in [1.29, 1.82) is 0 Å². The highest BCUT2D eigenvalue weighted by atomic mass is 16.5. The van der Waals surface area contributed by atoms with Crippen molar-refractivity contribution in [2.24, 2.45) is 0 Å². The Morgan fingerprint density at radius 3 is 2.74 bits per heavy atom. The number of carbonyl (C=O) groups excluding carboxylic acids is 2. The van der Waals surface area contributed by atoms with Crippen molar-refractivity contribution < 1.29 is 24.2 Å². The summed E-state index contributed by atoms with van der Waals surface area (Å²) in [6.07, 6.45) is 4.67. The third kappa shape index (κ3) is 6.32. The number of anilines is 3. The van der Waals surface area contributed by atoms with Crippen LogP contribution in [0.3, 0.4) is 0 Å². The van der Waals surface area contributed by atoms with Crippen molar-refractivity contribution in [3.63, 3.8) is 0 Å². The number of ether oxygens (including phenoxy) is 1. The number of hydrogen-bond acceptors (Lipinski definition) is 7. The lowest BCUT2D eigenvalue weighted by molar-refractivity contribution is -0.138. The second-order valence-corrected chi connectivity index (χ2v) is 7.97. The van der Waals surface area contributed by atoms with Gasteiger partial charge in [-0.25, -0.2) is 4.98 Å². The van der Waals surface area contributed by atoms with Crippen molar-refractivity contribution >= 4 is 35.0 Å². The summed E-state index contributed by atoms with van der Waals surface area (Å²) < 4.78 is 5.82. The lowest BCUT2D eigenvalue weighted by Crippen LogP contribution is -2.44. The first-order valence-corrected chi connectivity index (χ1v) is 11.2. The highest BCUT2D eigenvalue weighted by molar-refractivity contribution is 6.07. The molecule has 10 heteroatoms. The minimum atomic E-state index is -1.02. The number of pyridine rings is 2. The first-order chi connectivity index (χ1) is 17.0. The number of fused-ring (bicyclic) bond motifs is 1. The van der Waals surface area contributed by atoms with Crippen LogP contribution in [0, 0.1) is 0 Å². The van der Waals surface area contributed by atoms with Crippen molar-refractivity contribution in [3.05, 3.63) is 72.7 Å². The smallest absolute Gasteiger partial charge is 0.307 e. The molecular weight excluding hydrogens is 450 g/mol. The Bertz CT molecular complexity index is 1190. The fourth-order valence-corrected chi connectivity index (χ4v) is 3.72. The molecule has 3 aromatic rings. The van der Waals surface area contributed by atoms with E-state index in [1.165, 1.54) is 11.1 Å². The molecule has 1 aromatic carbocycles. The van der Waals surface area contributed by atoms with Gasteiger partial charge in [0.2, 0.25) is 5.91 Å². The fraction of sp³-hybridized carbons (Fsp3) is 0.240. The molecule has 35 heavy (non-hydrogen) atoms. The molecule has 1 aliphatic rings. The molecule has 1 atom stereocenters. The van der Waals surface area contributed by atoms with Crippen molar-refractivity contribution in [2.45, 2.75) is 25.4 Å². The Balaban J connectivity index is 1.44. The van der Waals surface area contributed by atoms with E-state index in [9.17, 15) is 19.5 Å². The Labute approximate surface area is 202 Å². The van der Waals surface area contributed by atoms with Crippen molar-refractivity contribution in [1.82, 2.24) is 9.97 Å². The summed E-state index contributed by atoms with van der Waals surface area (Å²) in [5.74, 6) is -0.395. The van der Waals surface area contributed by atoms with E-state index in [1.54, 1.807) is 42.7 Å². The SMILES string of the molecule is O=C(O)CC1CN(C(=O)c2cccnc2)c2cc(NC(=O)CCCNc3ccccn3)ccc2O1. The minimum absolute atomic E-state index is 0.0591. The number of rotatable bonds is 9. The zero-order valence-electron chi connectivity index (χ0n) is 18.9. The van der Waals surface area contributed by atoms with Gasteiger partial charge in [-0.1, -0.05) is 6.07 Å². The molecule has 1 aliphatic heterocycles. The summed E-state index contributed by atoms with van der Waals surface area (Å²) in [6.45, 7) is 0.657. The van der Waals surface area contributed by atoms with Crippen molar-refractivity contribution in [2.75, 3.05) is 28.6 Å². The number of aromatic nitrogens is 2. The van der Waals surface area contributed by atoms with Crippen LogP contribution in [0.25, 0.3) is 0 Å². The molecule has 2 aromatic heterocycles. The maximum atomic E-state index is 13.2. The molecule has 0 saturated carbocycles. The maximum Gasteiger partial charge on any atom is 0.307 e. The second-order valence-electron chi connectivity index (χ2n) is 7.97. The van der Waals surface area contributed by atoms with E-state index in [1.807, 2.05) is 18.2 Å². The van der Waals surface area contributed by atoms with Gasteiger partial charge in [0, 0.05) is 37.2 Å². The maximum absolute atomic E-state index is 13.2. The van der Waals surface area contributed by atoms with Crippen LogP contribution in [0.4, 0.5) is 17.2 Å². The molecule has 2 amide bonds. The van der Waals surface area contributed by atoms with Gasteiger partial charge in [-0.2, -0.15) is 0 Å². The number of aliphatic carboxylic acids is 1. The van der Waals surface area contributed by atoms with E-state index in [4.69, 9.17) is 4.74 Å². The molecule has 180 valence electrons. The van der Waals surface area contributed by atoms with Crippen LogP contribution in [0.1, 0.15) is 29.6 Å². The van der Waals surface area contributed by atoms with Gasteiger partial charge in [0.15, 0.2) is 0 Å². The topological polar surface area (TPSA) is 134 Å². The van der Waals surface area contributed by atoms with Gasteiger partial charge < -0.3 is 25.4 Å². The number of benzene rings is 1. The molecule has 0 bridgehead atoms. The monoisotopic (exact) mass is 475 g/mol. The second kappa shape index (κ2) is 11.1. The average Bonchev–Trinajstić information content (AvgIpc) is 2.87. The van der Waals surface area contributed by atoms with Crippen LogP contribution in [0.15, 0.2) is 67.1 Å². The van der Waals surface area contributed by atoms with Crippen molar-refractivity contribution in [3.8, 4) is 5.75 Å². The Morgan fingerprint density at radius 1 is 1.11 bits per heavy atom. The highest BCUT2D eigenvalue weighted by Crippen LogP contribution is 2.37. The Kier molecular flexibility index (Phi) is 7.51. The van der Waals surface area contributed by atoms with E-state index in [0.29, 0.717) is 42.1 Å². The molecule has 3 N–H and O–H groups in total. The van der Waals surface area contributed by atoms with E-state index in [0.717, 1.165) is 5.82 Å². The van der Waals surface area contributed by atoms with Gasteiger partial charge in [-0.3, -0.25) is 19.4 Å². The van der Waals surface area contributed by atoms with Gasteiger partial charge in [-0.15, -0.1) is 0 Å². The predicted molar refractivity (Wildman–Crippen MR) is 130 cm³/mol. The Hall–Kier alpha value is -4.47. The van der Waals surface area contributed by atoms with Crippen LogP contribution in [0.5, 0.6) is 5.75 Å². The van der Waals surface area contributed by atoms with Crippen LogP contribution in [0.2, 0.25) is 0 Å². The molecule has 4 rings (SSSR count). The third-order valence-corrected chi connectivity index (χ3v) is 5.32. The van der Waals surface area contributed by atoms with Crippen LogP contribution < -0.4 is 20.3 Å². The van der Waals surface area contributed by atoms with E-state index in [-0.39, 0.29) is 24.8 Å². The summed E-state index contributed by atoms with van der Waals surface area (Å²) in [4.78, 5) is 46.5. The molecule has 0 saturated heterocycles. The van der Waals surface area contributed by atoms with Crippen LogP contribution in [-0.4, -0.2) is 52.1 Å². The number of nitrogens with zero attached hydrogens (tertiary/aromatic N) is 3. The zero-order chi connectivity index (χ0) is 24.6. The predicted octanol–water partition coefficient (Wildman–Crippen LogP) is 3.19. The lowest BCUT2D eigenvalue weighted by atomic mass is 10.1. The van der Waals surface area contributed by atoms with Gasteiger partial charge >= 0.3 is 5.97 Å². The number of carbonyl (C=O) groups is 3. The first kappa shape index (κ1) is 23.7. The highest BCUT2D eigenvalue weighted by Gasteiger charge is 2.32. The lowest BCUT2D eigenvalue weighted by Gasteiger charge is -2.34. The number of carboxylic acids is 1. The molecule has 10 nitrogen and oxygen atoms in total. The summed E-state index contributed by atoms with van der Waals surface area (Å²) >= 11 is 0. The average molecular weight is 476 g/mol. The number of amides is 2. The summed E-state index contributed by atoms with van der Waals surface area (Å²) in [6, 6.07) is 13.8. The number of nitrogens with one attached hydrogen (secondary N) is 2. The van der Waals surface area contributed by atoms with E-state index in [2.05, 4.69) is 20.6 Å². The minimum Gasteiger partial charge on any atom is -0.486 e. The molecule has 0 aliphatic carbocycles. The largest absolute Gasteiger partial charge is 0.486 e. The molecular formula is C25H25N5O5. The molecule has 3 heterocycles. The summed E-state index contributed by atoms with van der Waals surface area (Å²) in [5, 5.41) is 15.2. The van der Waals surface area contributed by atoms with E-state index >= 15 is 0 Å². The van der Waals surface area contributed by atoms with E-state index < -0.39 is 12.1 Å². The van der Waals surface area contributed by atoms with Gasteiger partial charge in [-0.05, 0) is 48.9 Å². The number of hydrogen-bond donors (Lipinski definition) is 3. The molecule has 0 radical (unpaired) electrons. The first-order valence-electron chi connectivity index (χ1n) is 11.2. The molecule has 0 fully saturated rings. The molecule has 1 unspecified atom stereocenters. The van der Waals surface area contributed by atoms with Gasteiger partial charge in [0.05, 0.1) is 24.2 Å². The van der Waals surface area contributed by atoms with Gasteiger partial charge in [0.1, 0.15) is 17.7 Å². The normalized spacial score (nSPS) is 14.4. The fourth-order valence-electron chi connectivity index (χ4n) is 3.72. The standard InChI is InChI=1S/C25H25N5O5/c31-23(7-4-12-28-22-6-1-2-11-27-22)29-18-8-9-21-20(13-18)30(16-19(35-21)14-24(32)33)25(34)17-5-3-10-26-15-17/h1-3,5-6,8-11,13,15,19H,4,7,12,14,16H2,(H,27,28)(H,29,31)(H,32,33). The zero-order valence-corrected chi connectivity index (χ0v) is 18.9. The van der Waals surface area contributed by atoms with Crippen LogP contribution in [-0.2, 0) is 9.59 Å². The summed E-state index contributed by atoms with van der Waals surface area (Å²) in [5.41, 5.74) is 1.33. The number of carboxylic acid groups (broad SMARTS) is 1. The third-order valence-electron chi connectivity index (χ3n) is 5.32. The quantitative estimate of drug-likeness (QED) is 0.402. The Morgan fingerprint density at radius 2 is 2.00 bits per heavy atom. The molecule has 0 spiro atoms.